The number of piperidine rings is 1. The lowest BCUT2D eigenvalue weighted by Crippen LogP contribution is -2.43. The van der Waals surface area contributed by atoms with Crippen LogP contribution in [0.15, 0.2) is 0 Å². The molecule has 114 valence electrons. The molecule has 0 N–H and O–H groups in total. The second-order valence-corrected chi connectivity index (χ2v) is 6.28. The number of nitrogens with zero attached hydrogens (tertiary/aromatic N) is 2. The third-order valence-corrected chi connectivity index (χ3v) is 4.42. The van der Waals surface area contributed by atoms with Gasteiger partial charge in [-0.25, -0.2) is 0 Å². The molecule has 3 atom stereocenters. The van der Waals surface area contributed by atoms with E-state index in [2.05, 4.69) is 6.92 Å². The SMILES string of the molecule is COC[C@H](C)N1C[C@H](C(=O)N2CCC[C@@H](C)C2)CC1=O. The zero-order chi connectivity index (χ0) is 14.7. The van der Waals surface area contributed by atoms with Crippen LogP contribution in [0.3, 0.4) is 0 Å². The van der Waals surface area contributed by atoms with Gasteiger partial charge in [-0.2, -0.15) is 0 Å². The van der Waals surface area contributed by atoms with Crippen molar-refractivity contribution < 1.29 is 14.3 Å². The number of rotatable bonds is 4. The maximum absolute atomic E-state index is 12.5. The molecule has 2 aliphatic heterocycles. The standard InChI is InChI=1S/C15H26N2O3/c1-11-5-4-6-16(8-11)15(19)13-7-14(18)17(9-13)12(2)10-20-3/h11-13H,4-10H2,1-3H3/t11-,12+,13-/m1/s1. The van der Waals surface area contributed by atoms with Crippen LogP contribution < -0.4 is 0 Å². The molecule has 0 bridgehead atoms. The van der Waals surface area contributed by atoms with Crippen LogP contribution in [-0.2, 0) is 14.3 Å². The molecule has 0 aromatic rings. The average Bonchev–Trinajstić information content (AvgIpc) is 2.80. The van der Waals surface area contributed by atoms with Gasteiger partial charge in [-0.1, -0.05) is 6.92 Å². The number of likely N-dealkylation sites (tertiary alicyclic amines) is 2. The first-order valence-corrected chi connectivity index (χ1v) is 7.60. The minimum absolute atomic E-state index is 0.0468. The fraction of sp³-hybridized carbons (Fsp3) is 0.867. The van der Waals surface area contributed by atoms with Crippen molar-refractivity contribution >= 4 is 11.8 Å². The summed E-state index contributed by atoms with van der Waals surface area (Å²) in [5.74, 6) is 0.662. The summed E-state index contributed by atoms with van der Waals surface area (Å²) in [6.45, 7) is 6.92. The zero-order valence-corrected chi connectivity index (χ0v) is 12.8. The molecule has 0 aromatic carbocycles. The topological polar surface area (TPSA) is 49.9 Å². The maximum Gasteiger partial charge on any atom is 0.228 e. The van der Waals surface area contributed by atoms with Crippen molar-refractivity contribution in [2.75, 3.05) is 33.4 Å². The number of hydrogen-bond acceptors (Lipinski definition) is 3. The molecule has 20 heavy (non-hydrogen) atoms. The Bertz CT molecular complexity index is 372. The number of amides is 2. The molecule has 2 aliphatic rings. The molecule has 0 radical (unpaired) electrons. The summed E-state index contributed by atoms with van der Waals surface area (Å²) in [5.41, 5.74) is 0. The van der Waals surface area contributed by atoms with Gasteiger partial charge in [-0.3, -0.25) is 9.59 Å². The van der Waals surface area contributed by atoms with Gasteiger partial charge in [0.1, 0.15) is 0 Å². The highest BCUT2D eigenvalue weighted by Gasteiger charge is 2.38. The van der Waals surface area contributed by atoms with Crippen molar-refractivity contribution in [3.8, 4) is 0 Å². The van der Waals surface area contributed by atoms with Crippen LogP contribution in [0.5, 0.6) is 0 Å². The summed E-state index contributed by atoms with van der Waals surface area (Å²) in [5, 5.41) is 0. The molecule has 5 nitrogen and oxygen atoms in total. The van der Waals surface area contributed by atoms with Crippen molar-refractivity contribution in [2.45, 2.75) is 39.2 Å². The number of carbonyl (C=O) groups is 2. The van der Waals surface area contributed by atoms with Gasteiger partial charge in [0, 0.05) is 33.2 Å². The minimum atomic E-state index is -0.160. The van der Waals surface area contributed by atoms with E-state index in [1.807, 2.05) is 11.8 Å². The minimum Gasteiger partial charge on any atom is -0.383 e. The lowest BCUT2D eigenvalue weighted by atomic mass is 9.98. The Morgan fingerprint density at radius 3 is 2.85 bits per heavy atom. The van der Waals surface area contributed by atoms with Crippen molar-refractivity contribution in [3.05, 3.63) is 0 Å². The van der Waals surface area contributed by atoms with E-state index in [4.69, 9.17) is 4.74 Å². The Hall–Kier alpha value is -1.10. The Kier molecular flexibility index (Phi) is 5.02. The highest BCUT2D eigenvalue weighted by molar-refractivity contribution is 5.89. The third-order valence-electron chi connectivity index (χ3n) is 4.42. The molecule has 2 heterocycles. The highest BCUT2D eigenvalue weighted by atomic mass is 16.5. The lowest BCUT2D eigenvalue weighted by molar-refractivity contribution is -0.137. The average molecular weight is 282 g/mol. The van der Waals surface area contributed by atoms with Gasteiger partial charge in [-0.05, 0) is 25.7 Å². The highest BCUT2D eigenvalue weighted by Crippen LogP contribution is 2.25. The quantitative estimate of drug-likeness (QED) is 0.776. The molecule has 2 amide bonds. The van der Waals surface area contributed by atoms with E-state index in [0.717, 1.165) is 19.5 Å². The van der Waals surface area contributed by atoms with Crippen molar-refractivity contribution in [3.63, 3.8) is 0 Å². The molecule has 0 unspecified atom stereocenters. The van der Waals surface area contributed by atoms with E-state index in [1.165, 1.54) is 6.42 Å². The van der Waals surface area contributed by atoms with Crippen molar-refractivity contribution in [2.24, 2.45) is 11.8 Å². The summed E-state index contributed by atoms with van der Waals surface area (Å²) in [7, 11) is 1.63. The van der Waals surface area contributed by atoms with Gasteiger partial charge in [0.15, 0.2) is 0 Å². The largest absolute Gasteiger partial charge is 0.383 e. The van der Waals surface area contributed by atoms with Crippen LogP contribution in [0.2, 0.25) is 0 Å². The fourth-order valence-corrected chi connectivity index (χ4v) is 3.30. The van der Waals surface area contributed by atoms with E-state index < -0.39 is 0 Å². The summed E-state index contributed by atoms with van der Waals surface area (Å²) < 4.78 is 5.10. The van der Waals surface area contributed by atoms with E-state index in [0.29, 0.717) is 25.5 Å². The second kappa shape index (κ2) is 6.57. The molecular weight excluding hydrogens is 256 g/mol. The first-order chi connectivity index (χ1) is 9.52. The van der Waals surface area contributed by atoms with E-state index in [1.54, 1.807) is 12.0 Å². The molecule has 0 aromatic heterocycles. The Morgan fingerprint density at radius 1 is 1.45 bits per heavy atom. The Balaban J connectivity index is 1.93. The smallest absolute Gasteiger partial charge is 0.228 e. The predicted molar refractivity (Wildman–Crippen MR) is 76.1 cm³/mol. The molecule has 2 saturated heterocycles. The summed E-state index contributed by atoms with van der Waals surface area (Å²) in [6.07, 6.45) is 2.64. The fourth-order valence-electron chi connectivity index (χ4n) is 3.30. The number of ether oxygens (including phenoxy) is 1. The molecular formula is C15H26N2O3. The van der Waals surface area contributed by atoms with Crippen LogP contribution in [0.1, 0.15) is 33.1 Å². The summed E-state index contributed by atoms with van der Waals surface area (Å²) in [6, 6.07) is 0.0468. The van der Waals surface area contributed by atoms with Gasteiger partial charge < -0.3 is 14.5 Å². The van der Waals surface area contributed by atoms with E-state index >= 15 is 0 Å². The molecule has 2 fully saturated rings. The number of hydrogen-bond donors (Lipinski definition) is 0. The normalized spacial score (nSPS) is 28.9. The van der Waals surface area contributed by atoms with Crippen LogP contribution in [0.4, 0.5) is 0 Å². The lowest BCUT2D eigenvalue weighted by Gasteiger charge is -2.33. The van der Waals surface area contributed by atoms with Gasteiger partial charge in [0.25, 0.3) is 0 Å². The van der Waals surface area contributed by atoms with Crippen LogP contribution in [0.25, 0.3) is 0 Å². The van der Waals surface area contributed by atoms with Crippen LogP contribution >= 0.6 is 0 Å². The number of carbonyl (C=O) groups excluding carboxylic acids is 2. The van der Waals surface area contributed by atoms with Crippen molar-refractivity contribution in [1.82, 2.24) is 9.80 Å². The van der Waals surface area contributed by atoms with Crippen LogP contribution in [-0.4, -0.2) is 61.0 Å². The third kappa shape index (κ3) is 3.32. The summed E-state index contributed by atoms with van der Waals surface area (Å²) >= 11 is 0. The van der Waals surface area contributed by atoms with Gasteiger partial charge in [0.2, 0.25) is 11.8 Å². The van der Waals surface area contributed by atoms with Gasteiger partial charge in [-0.15, -0.1) is 0 Å². The predicted octanol–water partition coefficient (Wildman–Crippen LogP) is 1.13. The molecule has 0 aliphatic carbocycles. The Labute approximate surface area is 121 Å². The molecule has 0 spiro atoms. The van der Waals surface area contributed by atoms with Crippen LogP contribution in [0, 0.1) is 11.8 Å². The first kappa shape index (κ1) is 15.3. The van der Waals surface area contributed by atoms with E-state index in [-0.39, 0.29) is 23.8 Å². The first-order valence-electron chi connectivity index (χ1n) is 7.60. The van der Waals surface area contributed by atoms with Gasteiger partial charge >= 0.3 is 0 Å². The van der Waals surface area contributed by atoms with Crippen molar-refractivity contribution in [1.29, 1.82) is 0 Å². The molecule has 2 rings (SSSR count). The molecule has 0 saturated carbocycles. The second-order valence-electron chi connectivity index (χ2n) is 6.28. The maximum atomic E-state index is 12.5. The number of methoxy groups -OCH3 is 1. The molecule has 5 heteroatoms. The zero-order valence-electron chi connectivity index (χ0n) is 12.8. The monoisotopic (exact) mass is 282 g/mol. The summed E-state index contributed by atoms with van der Waals surface area (Å²) in [4.78, 5) is 28.3. The van der Waals surface area contributed by atoms with Gasteiger partial charge in [0.05, 0.1) is 18.6 Å². The van der Waals surface area contributed by atoms with E-state index in [9.17, 15) is 9.59 Å². The Morgan fingerprint density at radius 2 is 2.20 bits per heavy atom.